The van der Waals surface area contributed by atoms with Crippen molar-refractivity contribution in [3.8, 4) is 0 Å². The zero-order valence-corrected chi connectivity index (χ0v) is 13.8. The number of nitrogens with one attached hydrogen (secondary N) is 1. The lowest BCUT2D eigenvalue weighted by atomic mass is 10.1. The summed E-state index contributed by atoms with van der Waals surface area (Å²) in [5.41, 5.74) is 1.68. The number of carbonyl (C=O) groups is 3. The number of anilines is 1. The maximum absolute atomic E-state index is 11.9. The van der Waals surface area contributed by atoms with Crippen LogP contribution in [0.4, 0.5) is 5.69 Å². The van der Waals surface area contributed by atoms with E-state index in [0.717, 1.165) is 5.01 Å². The Bertz CT molecular complexity index is 750. The van der Waals surface area contributed by atoms with E-state index in [1.165, 1.54) is 18.3 Å². The summed E-state index contributed by atoms with van der Waals surface area (Å²) in [5, 5.41) is 3.36. The van der Waals surface area contributed by atoms with Gasteiger partial charge in [0.25, 0.3) is 5.91 Å². The van der Waals surface area contributed by atoms with Crippen LogP contribution in [0, 0.1) is 13.8 Å². The van der Waals surface area contributed by atoms with Crippen LogP contribution in [0.5, 0.6) is 0 Å². The van der Waals surface area contributed by atoms with Crippen molar-refractivity contribution in [2.45, 2.75) is 20.8 Å². The van der Waals surface area contributed by atoms with Crippen LogP contribution in [0.1, 0.15) is 37.7 Å². The van der Waals surface area contributed by atoms with Crippen LogP contribution in [-0.2, 0) is 9.53 Å². The third kappa shape index (κ3) is 4.46. The number of hydrogen-bond donors (Lipinski definition) is 1. The lowest BCUT2D eigenvalue weighted by molar-refractivity contribution is -0.119. The average Bonchev–Trinajstić information content (AvgIpc) is 2.84. The molecule has 0 radical (unpaired) electrons. The summed E-state index contributed by atoms with van der Waals surface area (Å²) in [4.78, 5) is 39.4. The van der Waals surface area contributed by atoms with Crippen LogP contribution >= 0.6 is 11.3 Å². The number of nitrogens with zero attached hydrogens (tertiary/aromatic N) is 1. The first-order chi connectivity index (χ1) is 10.9. The molecule has 2 aromatic rings. The highest BCUT2D eigenvalue weighted by molar-refractivity contribution is 7.13. The molecule has 1 N–H and O–H groups in total. The van der Waals surface area contributed by atoms with E-state index in [4.69, 9.17) is 4.74 Å². The fourth-order valence-corrected chi connectivity index (χ4v) is 2.72. The number of aryl methyl sites for hydroxylation is 2. The van der Waals surface area contributed by atoms with Gasteiger partial charge in [-0.05, 0) is 45.0 Å². The predicted octanol–water partition coefficient (Wildman–Crippen LogP) is 2.76. The van der Waals surface area contributed by atoms with Crippen LogP contribution in [0.3, 0.4) is 0 Å². The van der Waals surface area contributed by atoms with Gasteiger partial charge in [0.2, 0.25) is 0 Å². The van der Waals surface area contributed by atoms with Crippen LogP contribution in [0.2, 0.25) is 0 Å². The highest BCUT2D eigenvalue weighted by Crippen LogP contribution is 2.18. The normalized spacial score (nSPS) is 10.2. The molecule has 0 fully saturated rings. The number of ketones is 1. The molecule has 0 atom stereocenters. The zero-order valence-electron chi connectivity index (χ0n) is 13.0. The van der Waals surface area contributed by atoms with Crippen LogP contribution < -0.4 is 5.32 Å². The van der Waals surface area contributed by atoms with Gasteiger partial charge in [-0.2, -0.15) is 0 Å². The molecular formula is C16H16N2O4S. The Labute approximate surface area is 137 Å². The average molecular weight is 332 g/mol. The van der Waals surface area contributed by atoms with Crippen molar-refractivity contribution in [2.24, 2.45) is 0 Å². The number of Topliss-reactive ketones (excluding diaryl/α,β-unsaturated/α-hetero) is 1. The Hall–Kier alpha value is -2.54. The quantitative estimate of drug-likeness (QED) is 0.672. The van der Waals surface area contributed by atoms with Gasteiger partial charge in [-0.3, -0.25) is 9.59 Å². The minimum atomic E-state index is -0.560. The van der Waals surface area contributed by atoms with Crippen LogP contribution in [0.15, 0.2) is 24.3 Å². The Balaban J connectivity index is 1.88. The zero-order chi connectivity index (χ0) is 17.0. The standard InChI is InChI=1S/C16H16N2O4S/c1-9-15(23-11(3)17-9)16(21)22-8-14(20)18-13-6-4-12(5-7-13)10(2)19/h4-7H,8H2,1-3H3,(H,18,20). The molecule has 0 aliphatic carbocycles. The second-order valence-corrected chi connectivity index (χ2v) is 6.11. The van der Waals surface area contributed by atoms with E-state index in [1.54, 1.807) is 38.1 Å². The number of esters is 1. The topological polar surface area (TPSA) is 85.4 Å². The smallest absolute Gasteiger partial charge is 0.350 e. The highest BCUT2D eigenvalue weighted by Gasteiger charge is 2.16. The number of thiazole rings is 1. The van der Waals surface area contributed by atoms with Crippen molar-refractivity contribution < 1.29 is 19.1 Å². The summed E-state index contributed by atoms with van der Waals surface area (Å²) < 4.78 is 4.98. The summed E-state index contributed by atoms with van der Waals surface area (Å²) in [7, 11) is 0. The minimum absolute atomic E-state index is 0.0490. The highest BCUT2D eigenvalue weighted by atomic mass is 32.1. The summed E-state index contributed by atoms with van der Waals surface area (Å²) in [6, 6.07) is 6.47. The van der Waals surface area contributed by atoms with E-state index < -0.39 is 11.9 Å². The van der Waals surface area contributed by atoms with Crippen molar-refractivity contribution in [3.05, 3.63) is 45.4 Å². The summed E-state index contributed by atoms with van der Waals surface area (Å²) in [6.07, 6.45) is 0. The largest absolute Gasteiger partial charge is 0.451 e. The van der Waals surface area contributed by atoms with Gasteiger partial charge in [-0.25, -0.2) is 9.78 Å². The Morgan fingerprint density at radius 3 is 2.35 bits per heavy atom. The molecular weight excluding hydrogens is 316 g/mol. The minimum Gasteiger partial charge on any atom is -0.451 e. The van der Waals surface area contributed by atoms with Gasteiger partial charge < -0.3 is 10.1 Å². The lowest BCUT2D eigenvalue weighted by Crippen LogP contribution is -2.20. The maximum atomic E-state index is 11.9. The number of amides is 1. The molecule has 0 unspecified atom stereocenters. The molecule has 1 heterocycles. The Morgan fingerprint density at radius 1 is 1.17 bits per heavy atom. The molecule has 0 bridgehead atoms. The maximum Gasteiger partial charge on any atom is 0.350 e. The number of carbonyl (C=O) groups excluding carboxylic acids is 3. The number of benzene rings is 1. The monoisotopic (exact) mass is 332 g/mol. The number of rotatable bonds is 5. The molecule has 0 aliphatic rings. The molecule has 120 valence electrons. The van der Waals surface area contributed by atoms with Crippen molar-refractivity contribution in [3.63, 3.8) is 0 Å². The molecule has 0 aliphatic heterocycles. The summed E-state index contributed by atoms with van der Waals surface area (Å²) >= 11 is 1.23. The van der Waals surface area contributed by atoms with E-state index >= 15 is 0 Å². The Kier molecular flexibility index (Phi) is 5.23. The molecule has 7 heteroatoms. The molecule has 1 amide bonds. The first kappa shape index (κ1) is 16.8. The van der Waals surface area contributed by atoms with Crippen molar-refractivity contribution >= 4 is 34.7 Å². The summed E-state index contributed by atoms with van der Waals surface area (Å²) in [5.74, 6) is -1.06. The molecule has 0 spiro atoms. The molecule has 1 aromatic heterocycles. The van der Waals surface area contributed by atoms with E-state index in [2.05, 4.69) is 10.3 Å². The number of ether oxygens (including phenoxy) is 1. The van der Waals surface area contributed by atoms with Crippen molar-refractivity contribution in [2.75, 3.05) is 11.9 Å². The summed E-state index contributed by atoms with van der Waals surface area (Å²) in [6.45, 7) is 4.60. The van der Waals surface area contributed by atoms with Gasteiger partial charge in [-0.15, -0.1) is 11.3 Å². The van der Waals surface area contributed by atoms with Crippen molar-refractivity contribution in [1.29, 1.82) is 0 Å². The van der Waals surface area contributed by atoms with Gasteiger partial charge in [0.05, 0.1) is 10.7 Å². The fraction of sp³-hybridized carbons (Fsp3) is 0.250. The second kappa shape index (κ2) is 7.15. The SMILES string of the molecule is CC(=O)c1ccc(NC(=O)COC(=O)c2sc(C)nc2C)cc1. The number of aromatic nitrogens is 1. The van der Waals surface area contributed by atoms with E-state index in [9.17, 15) is 14.4 Å². The molecule has 0 saturated carbocycles. The molecule has 0 saturated heterocycles. The second-order valence-electron chi connectivity index (χ2n) is 4.91. The van der Waals surface area contributed by atoms with Gasteiger partial charge in [0.1, 0.15) is 4.88 Å². The van der Waals surface area contributed by atoms with E-state index in [0.29, 0.717) is 21.8 Å². The molecule has 23 heavy (non-hydrogen) atoms. The molecule has 1 aromatic carbocycles. The Morgan fingerprint density at radius 2 is 1.83 bits per heavy atom. The van der Waals surface area contributed by atoms with E-state index in [1.807, 2.05) is 0 Å². The third-order valence-corrected chi connectivity index (χ3v) is 4.05. The predicted molar refractivity (Wildman–Crippen MR) is 86.9 cm³/mol. The van der Waals surface area contributed by atoms with Gasteiger partial charge >= 0.3 is 5.97 Å². The molecule has 2 rings (SSSR count). The molecule has 6 nitrogen and oxygen atoms in total. The third-order valence-electron chi connectivity index (χ3n) is 3.00. The fourth-order valence-electron chi connectivity index (χ4n) is 1.90. The van der Waals surface area contributed by atoms with Gasteiger partial charge in [0.15, 0.2) is 12.4 Å². The number of hydrogen-bond acceptors (Lipinski definition) is 6. The van der Waals surface area contributed by atoms with Gasteiger partial charge in [-0.1, -0.05) is 0 Å². The van der Waals surface area contributed by atoms with Crippen LogP contribution in [-0.4, -0.2) is 29.3 Å². The first-order valence-electron chi connectivity index (χ1n) is 6.89. The lowest BCUT2D eigenvalue weighted by Gasteiger charge is -2.06. The first-order valence-corrected chi connectivity index (χ1v) is 7.70. The van der Waals surface area contributed by atoms with Crippen molar-refractivity contribution in [1.82, 2.24) is 4.98 Å². The van der Waals surface area contributed by atoms with Gasteiger partial charge in [0, 0.05) is 11.3 Å². The van der Waals surface area contributed by atoms with E-state index in [-0.39, 0.29) is 12.4 Å². The van der Waals surface area contributed by atoms with Crippen LogP contribution in [0.25, 0.3) is 0 Å².